The fourth-order valence-corrected chi connectivity index (χ4v) is 3.78. The van der Waals surface area contributed by atoms with Crippen molar-refractivity contribution < 1.29 is 43.5 Å². The van der Waals surface area contributed by atoms with E-state index in [-0.39, 0.29) is 69.6 Å². The first-order valence-corrected chi connectivity index (χ1v) is 9.67. The molecule has 3 fully saturated rings. The number of nitrogens with zero attached hydrogens (tertiary/aromatic N) is 1. The van der Waals surface area contributed by atoms with Crippen LogP contribution in [0.2, 0.25) is 0 Å². The number of ether oxygens (including phenoxy) is 4. The molecule has 164 valence electrons. The van der Waals surface area contributed by atoms with Crippen LogP contribution in [0.3, 0.4) is 0 Å². The number of likely N-dealkylation sites (tertiary alicyclic amines) is 1. The predicted octanol–water partition coefficient (Wildman–Crippen LogP) is -2.23. The molecule has 29 heavy (non-hydrogen) atoms. The molecule has 3 aliphatic rings. The number of rotatable bonds is 9. The van der Waals surface area contributed by atoms with Gasteiger partial charge in [0.05, 0.1) is 39.6 Å². The highest BCUT2D eigenvalue weighted by atomic mass is 16.8. The van der Waals surface area contributed by atoms with Gasteiger partial charge in [-0.15, -0.1) is 0 Å². The first kappa shape index (κ1) is 22.1. The van der Waals surface area contributed by atoms with Crippen molar-refractivity contribution in [2.45, 2.75) is 50.4 Å². The second-order valence-electron chi connectivity index (χ2n) is 7.68. The van der Waals surface area contributed by atoms with Crippen molar-refractivity contribution in [1.29, 1.82) is 0 Å². The topological polar surface area (TPSA) is 144 Å². The van der Waals surface area contributed by atoms with Crippen LogP contribution < -0.4 is 5.32 Å². The normalized spacial score (nSPS) is 36.7. The monoisotopic (exact) mass is 416 g/mol. The maximum absolute atomic E-state index is 11.8. The molecule has 6 atom stereocenters. The van der Waals surface area contributed by atoms with Gasteiger partial charge in [-0.05, 0) is 0 Å². The van der Waals surface area contributed by atoms with E-state index in [1.165, 1.54) is 11.8 Å². The third-order valence-corrected chi connectivity index (χ3v) is 5.38. The highest BCUT2D eigenvalue weighted by Gasteiger charge is 2.59. The summed E-state index contributed by atoms with van der Waals surface area (Å²) in [5.41, 5.74) is -1.22. The Hall–Kier alpha value is -1.63. The molecule has 3 saturated heterocycles. The van der Waals surface area contributed by atoms with Crippen molar-refractivity contribution in [2.75, 3.05) is 39.6 Å². The van der Waals surface area contributed by atoms with Gasteiger partial charge in [0, 0.05) is 19.3 Å². The van der Waals surface area contributed by atoms with Crippen molar-refractivity contribution in [2.24, 2.45) is 5.92 Å². The van der Waals surface area contributed by atoms with E-state index in [0.717, 1.165) is 0 Å². The Morgan fingerprint density at radius 2 is 2.00 bits per heavy atom. The Bertz CT molecular complexity index is 645. The average molecular weight is 416 g/mol. The third kappa shape index (κ3) is 4.60. The first-order chi connectivity index (χ1) is 13.7. The van der Waals surface area contributed by atoms with Gasteiger partial charge in [0.2, 0.25) is 17.7 Å². The summed E-state index contributed by atoms with van der Waals surface area (Å²) in [4.78, 5) is 35.9. The zero-order valence-corrected chi connectivity index (χ0v) is 16.5. The minimum Gasteiger partial charge on any atom is -0.388 e. The first-order valence-electron chi connectivity index (χ1n) is 9.67. The lowest BCUT2D eigenvalue weighted by Crippen LogP contribution is -2.66. The highest BCUT2D eigenvalue weighted by molar-refractivity contribution is 6.03. The molecular weight excluding hydrogens is 388 g/mol. The Labute approximate surface area is 168 Å². The Morgan fingerprint density at radius 3 is 2.66 bits per heavy atom. The lowest BCUT2D eigenvalue weighted by atomic mass is 9.88. The summed E-state index contributed by atoms with van der Waals surface area (Å²) in [6, 6.07) is -0.861. The van der Waals surface area contributed by atoms with Gasteiger partial charge in [-0.25, -0.2) is 0 Å². The fourth-order valence-electron chi connectivity index (χ4n) is 3.78. The number of imide groups is 1. The van der Waals surface area contributed by atoms with Gasteiger partial charge in [-0.2, -0.15) is 0 Å². The van der Waals surface area contributed by atoms with Gasteiger partial charge in [0.15, 0.2) is 6.29 Å². The highest BCUT2D eigenvalue weighted by Crippen LogP contribution is 2.37. The zero-order valence-electron chi connectivity index (χ0n) is 16.5. The van der Waals surface area contributed by atoms with Crippen LogP contribution in [0.5, 0.6) is 0 Å². The van der Waals surface area contributed by atoms with E-state index in [9.17, 15) is 24.6 Å². The van der Waals surface area contributed by atoms with Crippen molar-refractivity contribution in [3.05, 3.63) is 0 Å². The molecule has 3 aliphatic heterocycles. The van der Waals surface area contributed by atoms with Crippen LogP contribution in [0.15, 0.2) is 0 Å². The lowest BCUT2D eigenvalue weighted by molar-refractivity contribution is -0.238. The second-order valence-corrected chi connectivity index (χ2v) is 7.68. The fraction of sp³-hybridized carbons (Fsp3) is 0.833. The number of carbonyl (C=O) groups excluding carboxylic acids is 3. The Morgan fingerprint density at radius 1 is 1.28 bits per heavy atom. The number of nitrogens with one attached hydrogen (secondary N) is 1. The van der Waals surface area contributed by atoms with Gasteiger partial charge in [-0.1, -0.05) is 6.92 Å². The van der Waals surface area contributed by atoms with E-state index >= 15 is 0 Å². The van der Waals surface area contributed by atoms with Crippen molar-refractivity contribution in [1.82, 2.24) is 10.2 Å². The molecule has 0 aromatic heterocycles. The van der Waals surface area contributed by atoms with Crippen LogP contribution in [0, 0.1) is 5.92 Å². The van der Waals surface area contributed by atoms with Crippen LogP contribution in [0.4, 0.5) is 0 Å². The molecule has 0 aromatic carbocycles. The number of aliphatic hydroxyl groups excluding tert-OH is 2. The van der Waals surface area contributed by atoms with Gasteiger partial charge in [0.1, 0.15) is 23.9 Å². The molecule has 11 nitrogen and oxygen atoms in total. The summed E-state index contributed by atoms with van der Waals surface area (Å²) < 4.78 is 22.1. The minimum atomic E-state index is -1.30. The second kappa shape index (κ2) is 9.02. The molecule has 11 heteroatoms. The molecule has 3 N–H and O–H groups in total. The number of carbonyl (C=O) groups is 3. The zero-order chi connectivity index (χ0) is 21.2. The molecule has 3 rings (SSSR count). The number of aliphatic hydroxyl groups is 2. The molecule has 0 aliphatic carbocycles. The van der Waals surface area contributed by atoms with E-state index in [0.29, 0.717) is 0 Å². The Balaban J connectivity index is 1.36. The summed E-state index contributed by atoms with van der Waals surface area (Å²) in [5.74, 6) is -1.00. The van der Waals surface area contributed by atoms with Gasteiger partial charge < -0.3 is 34.5 Å². The number of fused-ring (bicyclic) bond motifs is 2. The van der Waals surface area contributed by atoms with E-state index in [1.807, 2.05) is 0 Å². The average Bonchev–Trinajstić information content (AvgIpc) is 3.17. The molecule has 3 heterocycles. The van der Waals surface area contributed by atoms with E-state index < -0.39 is 30.1 Å². The van der Waals surface area contributed by atoms with Crippen LogP contribution in [0.1, 0.15) is 20.3 Å². The Kier molecular flexibility index (Phi) is 6.87. The molecule has 2 bridgehead atoms. The quantitative estimate of drug-likeness (QED) is 0.281. The van der Waals surface area contributed by atoms with Crippen LogP contribution in [-0.4, -0.2) is 103 Å². The van der Waals surface area contributed by atoms with Crippen LogP contribution >= 0.6 is 0 Å². The van der Waals surface area contributed by atoms with E-state index in [1.54, 1.807) is 6.92 Å². The lowest BCUT2D eigenvalue weighted by Gasteiger charge is -2.42. The molecule has 0 aromatic rings. The molecule has 0 saturated carbocycles. The largest absolute Gasteiger partial charge is 0.388 e. The summed E-state index contributed by atoms with van der Waals surface area (Å²) in [7, 11) is 0. The van der Waals surface area contributed by atoms with Gasteiger partial charge in [0.25, 0.3) is 0 Å². The SMILES string of the molecule is CC(=O)N[C@@H]1[C@H]2OC[C@](COCCOCCN3C(=O)CC(C)C3=O)(O2)[C@H](O)[C@@H]1O. The maximum Gasteiger partial charge on any atom is 0.232 e. The standard InChI is InChI=1S/C18H28N2O9/c1-10-7-12(22)20(16(10)25)3-4-26-5-6-27-8-18-9-28-17(29-18)13(19-11(2)21)14(23)15(18)24/h10,13-15,17,23-24H,3-9H2,1-2H3,(H,19,21)/t10?,13-,14+,15+,17-,18-/m0/s1. The van der Waals surface area contributed by atoms with Crippen LogP contribution in [-0.2, 0) is 33.3 Å². The van der Waals surface area contributed by atoms with E-state index in [2.05, 4.69) is 5.32 Å². The smallest absolute Gasteiger partial charge is 0.232 e. The van der Waals surface area contributed by atoms with Crippen molar-refractivity contribution in [3.63, 3.8) is 0 Å². The van der Waals surface area contributed by atoms with Crippen LogP contribution in [0.25, 0.3) is 0 Å². The summed E-state index contributed by atoms with van der Waals surface area (Å²) in [5, 5.41) is 23.3. The number of hydrogen-bond acceptors (Lipinski definition) is 9. The van der Waals surface area contributed by atoms with Crippen molar-refractivity contribution in [3.8, 4) is 0 Å². The number of hydrogen-bond donors (Lipinski definition) is 3. The molecule has 3 amide bonds. The third-order valence-electron chi connectivity index (χ3n) is 5.38. The summed E-state index contributed by atoms with van der Waals surface area (Å²) >= 11 is 0. The number of amides is 3. The van der Waals surface area contributed by atoms with E-state index in [4.69, 9.17) is 18.9 Å². The van der Waals surface area contributed by atoms with Gasteiger partial charge >= 0.3 is 0 Å². The maximum atomic E-state index is 11.8. The summed E-state index contributed by atoms with van der Waals surface area (Å²) in [6.45, 7) is 3.84. The molecule has 1 unspecified atom stereocenters. The molecule has 0 spiro atoms. The van der Waals surface area contributed by atoms with Crippen molar-refractivity contribution >= 4 is 17.7 Å². The predicted molar refractivity (Wildman–Crippen MR) is 95.3 cm³/mol. The van der Waals surface area contributed by atoms with Gasteiger partial charge in [-0.3, -0.25) is 19.3 Å². The molecule has 0 radical (unpaired) electrons. The summed E-state index contributed by atoms with van der Waals surface area (Å²) in [6.07, 6.45) is -3.18. The minimum absolute atomic E-state index is 0.0181. The molecular formula is C18H28N2O9.